The van der Waals surface area contributed by atoms with Crippen LogP contribution in [0.25, 0.3) is 0 Å². The van der Waals surface area contributed by atoms with E-state index in [2.05, 4.69) is 10.6 Å². The molecule has 9 heteroatoms. The Labute approximate surface area is 158 Å². The molecule has 0 aliphatic carbocycles. The number of ether oxygens (including phenoxy) is 1. The standard InChI is InChI=1S/C18H16F2N2O4S/c1-11(23)21-13-3-5-14(6-4-13)22-17(24)9-26-18(25)10-27-16-8-12(19)2-7-15(16)20/h2-8H,9-10H2,1H3,(H,21,23)(H,22,24). The average Bonchev–Trinajstić information content (AvgIpc) is 2.62. The van der Waals surface area contributed by atoms with E-state index in [1.165, 1.54) is 6.92 Å². The quantitative estimate of drug-likeness (QED) is 0.557. The first-order chi connectivity index (χ1) is 12.8. The van der Waals surface area contributed by atoms with Crippen LogP contribution in [-0.2, 0) is 19.1 Å². The highest BCUT2D eigenvalue weighted by molar-refractivity contribution is 8.00. The zero-order chi connectivity index (χ0) is 19.8. The van der Waals surface area contributed by atoms with E-state index >= 15 is 0 Å². The van der Waals surface area contributed by atoms with Crippen LogP contribution in [0.15, 0.2) is 47.4 Å². The van der Waals surface area contributed by atoms with Crippen LogP contribution >= 0.6 is 11.8 Å². The number of nitrogens with one attached hydrogen (secondary N) is 2. The number of rotatable bonds is 7. The Kier molecular flexibility index (Phi) is 7.30. The van der Waals surface area contributed by atoms with Crippen LogP contribution < -0.4 is 10.6 Å². The summed E-state index contributed by atoms with van der Waals surface area (Å²) in [4.78, 5) is 34.3. The van der Waals surface area contributed by atoms with Crippen molar-refractivity contribution in [3.63, 3.8) is 0 Å². The molecular weight excluding hydrogens is 378 g/mol. The lowest BCUT2D eigenvalue weighted by molar-refractivity contribution is -0.144. The molecule has 0 aliphatic heterocycles. The van der Waals surface area contributed by atoms with Crippen molar-refractivity contribution in [1.82, 2.24) is 0 Å². The first-order valence-electron chi connectivity index (χ1n) is 7.74. The second kappa shape index (κ2) is 9.67. The van der Waals surface area contributed by atoms with Crippen LogP contribution in [0.5, 0.6) is 0 Å². The Morgan fingerprint density at radius 2 is 1.63 bits per heavy atom. The maximum Gasteiger partial charge on any atom is 0.316 e. The number of benzene rings is 2. The number of thioether (sulfide) groups is 1. The molecule has 0 aromatic heterocycles. The minimum absolute atomic E-state index is 0.0179. The lowest BCUT2D eigenvalue weighted by Crippen LogP contribution is -2.21. The van der Waals surface area contributed by atoms with E-state index in [1.54, 1.807) is 24.3 Å². The number of amides is 2. The monoisotopic (exact) mass is 394 g/mol. The van der Waals surface area contributed by atoms with Crippen LogP contribution in [0.1, 0.15) is 6.92 Å². The predicted molar refractivity (Wildman–Crippen MR) is 97.4 cm³/mol. The van der Waals surface area contributed by atoms with Crippen molar-refractivity contribution >= 4 is 40.9 Å². The fourth-order valence-corrected chi connectivity index (χ4v) is 2.71. The molecule has 0 heterocycles. The molecule has 0 unspecified atom stereocenters. The lowest BCUT2D eigenvalue weighted by Gasteiger charge is -2.08. The van der Waals surface area contributed by atoms with Gasteiger partial charge in [0.2, 0.25) is 5.91 Å². The molecule has 0 spiro atoms. The van der Waals surface area contributed by atoms with Gasteiger partial charge in [-0.15, -0.1) is 11.8 Å². The Balaban J connectivity index is 1.75. The summed E-state index contributed by atoms with van der Waals surface area (Å²) in [5, 5.41) is 5.11. The largest absolute Gasteiger partial charge is 0.455 e. The highest BCUT2D eigenvalue weighted by Crippen LogP contribution is 2.22. The van der Waals surface area contributed by atoms with Crippen molar-refractivity contribution in [1.29, 1.82) is 0 Å². The van der Waals surface area contributed by atoms with Gasteiger partial charge >= 0.3 is 5.97 Å². The molecule has 2 N–H and O–H groups in total. The third-order valence-electron chi connectivity index (χ3n) is 3.09. The minimum atomic E-state index is -0.736. The van der Waals surface area contributed by atoms with Crippen molar-refractivity contribution < 1.29 is 27.9 Å². The van der Waals surface area contributed by atoms with Gasteiger partial charge in [-0.05, 0) is 42.5 Å². The normalized spacial score (nSPS) is 10.2. The molecule has 27 heavy (non-hydrogen) atoms. The third kappa shape index (κ3) is 7.06. The SMILES string of the molecule is CC(=O)Nc1ccc(NC(=O)COC(=O)CSc2cc(F)ccc2F)cc1. The average molecular weight is 394 g/mol. The van der Waals surface area contributed by atoms with Gasteiger partial charge in [0, 0.05) is 23.2 Å². The summed E-state index contributed by atoms with van der Waals surface area (Å²) >= 11 is 0.776. The number of hydrogen-bond donors (Lipinski definition) is 2. The lowest BCUT2D eigenvalue weighted by atomic mass is 10.2. The van der Waals surface area contributed by atoms with Gasteiger partial charge in [0.1, 0.15) is 11.6 Å². The molecule has 2 aromatic rings. The second-order valence-electron chi connectivity index (χ2n) is 5.33. The van der Waals surface area contributed by atoms with Crippen LogP contribution in [0.4, 0.5) is 20.2 Å². The van der Waals surface area contributed by atoms with E-state index in [-0.39, 0.29) is 16.6 Å². The molecular formula is C18H16F2N2O4S. The zero-order valence-electron chi connectivity index (χ0n) is 14.3. The van der Waals surface area contributed by atoms with Gasteiger partial charge in [-0.3, -0.25) is 14.4 Å². The molecule has 0 bridgehead atoms. The van der Waals surface area contributed by atoms with E-state index in [0.717, 1.165) is 30.0 Å². The van der Waals surface area contributed by atoms with E-state index in [0.29, 0.717) is 11.4 Å². The van der Waals surface area contributed by atoms with Crippen molar-refractivity contribution in [3.05, 3.63) is 54.1 Å². The van der Waals surface area contributed by atoms with Crippen LogP contribution in [0.2, 0.25) is 0 Å². The summed E-state index contributed by atoms with van der Waals surface area (Å²) in [5.41, 5.74) is 1.04. The number of anilines is 2. The topological polar surface area (TPSA) is 84.5 Å². The van der Waals surface area contributed by atoms with Gasteiger partial charge in [0.25, 0.3) is 5.91 Å². The highest BCUT2D eigenvalue weighted by Gasteiger charge is 2.11. The van der Waals surface area contributed by atoms with Crippen molar-refractivity contribution in [2.75, 3.05) is 23.0 Å². The highest BCUT2D eigenvalue weighted by atomic mass is 32.2. The van der Waals surface area contributed by atoms with Gasteiger partial charge < -0.3 is 15.4 Å². The molecule has 2 rings (SSSR count). The number of carbonyl (C=O) groups is 3. The van der Waals surface area contributed by atoms with Crippen LogP contribution in [0, 0.1) is 11.6 Å². The molecule has 2 aromatic carbocycles. The Bertz CT molecular complexity index is 844. The number of carbonyl (C=O) groups excluding carboxylic acids is 3. The summed E-state index contributed by atoms with van der Waals surface area (Å²) < 4.78 is 31.3. The Morgan fingerprint density at radius 1 is 1.00 bits per heavy atom. The van der Waals surface area contributed by atoms with Crippen LogP contribution in [0.3, 0.4) is 0 Å². The molecule has 142 valence electrons. The van der Waals surface area contributed by atoms with E-state index in [1.807, 2.05) is 0 Å². The molecule has 2 amide bonds. The van der Waals surface area contributed by atoms with Gasteiger partial charge in [0.15, 0.2) is 6.61 Å². The zero-order valence-corrected chi connectivity index (χ0v) is 15.1. The fourth-order valence-electron chi connectivity index (χ4n) is 1.95. The third-order valence-corrected chi connectivity index (χ3v) is 4.10. The molecule has 0 aliphatic rings. The predicted octanol–water partition coefficient (Wildman–Crippen LogP) is 3.20. The molecule has 0 saturated carbocycles. The summed E-state index contributed by atoms with van der Waals surface area (Å²) in [7, 11) is 0. The van der Waals surface area contributed by atoms with Gasteiger partial charge in [-0.1, -0.05) is 0 Å². The number of esters is 1. The molecule has 0 atom stereocenters. The Hall–Kier alpha value is -2.94. The van der Waals surface area contributed by atoms with Crippen molar-refractivity contribution in [2.45, 2.75) is 11.8 Å². The van der Waals surface area contributed by atoms with E-state index in [9.17, 15) is 23.2 Å². The van der Waals surface area contributed by atoms with Crippen molar-refractivity contribution in [2.24, 2.45) is 0 Å². The Morgan fingerprint density at radius 3 is 2.26 bits per heavy atom. The molecule has 6 nitrogen and oxygen atoms in total. The molecule has 0 saturated heterocycles. The summed E-state index contributed by atoms with van der Waals surface area (Å²) in [6.07, 6.45) is 0. The maximum absolute atomic E-state index is 13.4. The maximum atomic E-state index is 13.4. The first-order valence-corrected chi connectivity index (χ1v) is 8.73. The molecule has 0 fully saturated rings. The smallest absolute Gasteiger partial charge is 0.316 e. The summed E-state index contributed by atoms with van der Waals surface area (Å²) in [6, 6.07) is 9.28. The minimum Gasteiger partial charge on any atom is -0.455 e. The second-order valence-corrected chi connectivity index (χ2v) is 6.35. The summed E-state index contributed by atoms with van der Waals surface area (Å²) in [5.74, 6) is -3.03. The van der Waals surface area contributed by atoms with E-state index < -0.39 is 30.1 Å². The van der Waals surface area contributed by atoms with Gasteiger partial charge in [-0.25, -0.2) is 8.78 Å². The first kappa shape index (κ1) is 20.4. The van der Waals surface area contributed by atoms with E-state index in [4.69, 9.17) is 4.74 Å². The molecule has 0 radical (unpaired) electrons. The number of hydrogen-bond acceptors (Lipinski definition) is 5. The summed E-state index contributed by atoms with van der Waals surface area (Å²) in [6.45, 7) is 0.865. The van der Waals surface area contributed by atoms with Gasteiger partial charge in [-0.2, -0.15) is 0 Å². The van der Waals surface area contributed by atoms with Gasteiger partial charge in [0.05, 0.1) is 5.75 Å². The van der Waals surface area contributed by atoms with Crippen molar-refractivity contribution in [3.8, 4) is 0 Å². The fraction of sp³-hybridized carbons (Fsp3) is 0.167. The van der Waals surface area contributed by atoms with Crippen LogP contribution in [-0.4, -0.2) is 30.1 Å². The number of halogens is 2.